The lowest BCUT2D eigenvalue weighted by Crippen LogP contribution is -2.52. The van der Waals surface area contributed by atoms with Crippen molar-refractivity contribution in [3.63, 3.8) is 0 Å². The highest BCUT2D eigenvalue weighted by molar-refractivity contribution is 7.91. The second kappa shape index (κ2) is 5.57. The molecule has 0 aliphatic carbocycles. The van der Waals surface area contributed by atoms with Gasteiger partial charge in [-0.25, -0.2) is 8.42 Å². The van der Waals surface area contributed by atoms with Crippen molar-refractivity contribution in [2.45, 2.75) is 37.8 Å². The Morgan fingerprint density at radius 2 is 1.95 bits per heavy atom. The summed E-state index contributed by atoms with van der Waals surface area (Å²) in [5.74, 6) is 0.608. The van der Waals surface area contributed by atoms with Crippen molar-refractivity contribution in [2.75, 3.05) is 29.5 Å². The Morgan fingerprint density at radius 1 is 1.29 bits per heavy atom. The lowest BCUT2D eigenvalue weighted by atomic mass is 9.96. The summed E-state index contributed by atoms with van der Waals surface area (Å²) in [7, 11) is -2.84. The number of sulfone groups is 1. The maximum atomic E-state index is 11.7. The predicted octanol–water partition coefficient (Wildman–Crippen LogP) is 1.22. The second-order valence-corrected chi connectivity index (χ2v) is 8.70. The van der Waals surface area contributed by atoms with E-state index in [1.807, 2.05) is 31.5 Å². The van der Waals surface area contributed by atoms with Gasteiger partial charge < -0.3 is 10.2 Å². The number of hydrogen-bond donors (Lipinski definition) is 1. The number of pyridine rings is 1. The van der Waals surface area contributed by atoms with Crippen molar-refractivity contribution < 1.29 is 8.42 Å². The van der Waals surface area contributed by atoms with Crippen LogP contribution in [0.3, 0.4) is 0 Å². The topological polar surface area (TPSA) is 62.3 Å². The molecular weight excluding hydrogens is 286 g/mol. The maximum absolute atomic E-state index is 11.7. The molecule has 116 valence electrons. The van der Waals surface area contributed by atoms with E-state index < -0.39 is 9.84 Å². The standard InChI is InChI=1S/C15H23N3O2S/c1-15(6-11-21(19,20)12-15)17-13-4-9-18(10-5-13)14-2-7-16-8-3-14/h2-3,7-8,13,17H,4-6,9-12H2,1H3. The van der Waals surface area contributed by atoms with Gasteiger partial charge in [0.25, 0.3) is 0 Å². The van der Waals surface area contributed by atoms with E-state index in [1.54, 1.807) is 0 Å². The highest BCUT2D eigenvalue weighted by atomic mass is 32.2. The molecule has 1 aromatic rings. The van der Waals surface area contributed by atoms with Crippen molar-refractivity contribution in [1.29, 1.82) is 0 Å². The van der Waals surface area contributed by atoms with Gasteiger partial charge in [0, 0.05) is 42.8 Å². The summed E-state index contributed by atoms with van der Waals surface area (Å²) in [5, 5.41) is 3.60. The Labute approximate surface area is 126 Å². The zero-order valence-electron chi connectivity index (χ0n) is 12.5. The Morgan fingerprint density at radius 3 is 2.52 bits per heavy atom. The largest absolute Gasteiger partial charge is 0.371 e. The van der Waals surface area contributed by atoms with Crippen LogP contribution in [-0.2, 0) is 9.84 Å². The molecule has 5 nitrogen and oxygen atoms in total. The van der Waals surface area contributed by atoms with Crippen LogP contribution in [0.4, 0.5) is 5.69 Å². The molecule has 3 rings (SSSR count). The van der Waals surface area contributed by atoms with Gasteiger partial charge in [-0.2, -0.15) is 0 Å². The van der Waals surface area contributed by atoms with E-state index >= 15 is 0 Å². The van der Waals surface area contributed by atoms with Crippen LogP contribution in [0.5, 0.6) is 0 Å². The average molecular weight is 309 g/mol. The third-order valence-electron chi connectivity index (χ3n) is 4.58. The number of nitrogens with zero attached hydrogens (tertiary/aromatic N) is 2. The summed E-state index contributed by atoms with van der Waals surface area (Å²) in [5.41, 5.74) is 0.987. The smallest absolute Gasteiger partial charge is 0.152 e. The summed E-state index contributed by atoms with van der Waals surface area (Å²) in [6, 6.07) is 4.50. The molecule has 2 saturated heterocycles. The van der Waals surface area contributed by atoms with Crippen LogP contribution in [0.2, 0.25) is 0 Å². The van der Waals surface area contributed by atoms with E-state index in [9.17, 15) is 8.42 Å². The van der Waals surface area contributed by atoms with Crippen LogP contribution in [0.25, 0.3) is 0 Å². The van der Waals surface area contributed by atoms with E-state index in [4.69, 9.17) is 0 Å². The molecule has 1 atom stereocenters. The van der Waals surface area contributed by atoms with Crippen LogP contribution in [-0.4, -0.2) is 49.6 Å². The molecule has 2 fully saturated rings. The monoisotopic (exact) mass is 309 g/mol. The summed E-state index contributed by atoms with van der Waals surface area (Å²) in [4.78, 5) is 6.42. The summed E-state index contributed by atoms with van der Waals surface area (Å²) in [6.07, 6.45) is 6.49. The van der Waals surface area contributed by atoms with Crippen molar-refractivity contribution >= 4 is 15.5 Å². The van der Waals surface area contributed by atoms with E-state index in [-0.39, 0.29) is 11.3 Å². The molecule has 1 aromatic heterocycles. The van der Waals surface area contributed by atoms with E-state index in [0.29, 0.717) is 11.8 Å². The fraction of sp³-hybridized carbons (Fsp3) is 0.667. The van der Waals surface area contributed by atoms with E-state index in [1.165, 1.54) is 5.69 Å². The zero-order valence-corrected chi connectivity index (χ0v) is 13.3. The predicted molar refractivity (Wildman–Crippen MR) is 84.3 cm³/mol. The molecule has 0 radical (unpaired) electrons. The second-order valence-electron chi connectivity index (χ2n) is 6.51. The first-order valence-electron chi connectivity index (χ1n) is 7.59. The highest BCUT2D eigenvalue weighted by Crippen LogP contribution is 2.26. The molecule has 0 aromatic carbocycles. The molecule has 3 heterocycles. The van der Waals surface area contributed by atoms with Crippen molar-refractivity contribution in [3.8, 4) is 0 Å². The Hall–Kier alpha value is -1.14. The first-order valence-corrected chi connectivity index (χ1v) is 9.41. The summed E-state index contributed by atoms with van der Waals surface area (Å²) >= 11 is 0. The fourth-order valence-corrected chi connectivity index (χ4v) is 5.56. The normalized spacial score (nSPS) is 29.7. The van der Waals surface area contributed by atoms with Gasteiger partial charge >= 0.3 is 0 Å². The number of piperidine rings is 1. The minimum Gasteiger partial charge on any atom is -0.371 e. The molecule has 0 spiro atoms. The highest BCUT2D eigenvalue weighted by Gasteiger charge is 2.39. The van der Waals surface area contributed by atoms with Crippen LogP contribution in [0.15, 0.2) is 24.5 Å². The van der Waals surface area contributed by atoms with E-state index in [0.717, 1.165) is 32.4 Å². The van der Waals surface area contributed by atoms with Crippen molar-refractivity contribution in [1.82, 2.24) is 10.3 Å². The fourth-order valence-electron chi connectivity index (χ4n) is 3.45. The minimum absolute atomic E-state index is 0.234. The number of nitrogens with one attached hydrogen (secondary N) is 1. The molecule has 21 heavy (non-hydrogen) atoms. The number of hydrogen-bond acceptors (Lipinski definition) is 5. The molecule has 2 aliphatic heterocycles. The summed E-state index contributed by atoms with van der Waals surface area (Å²) < 4.78 is 23.3. The van der Waals surface area contributed by atoms with Crippen molar-refractivity contribution in [3.05, 3.63) is 24.5 Å². The SMILES string of the molecule is CC1(NC2CCN(c3ccncc3)CC2)CCS(=O)(=O)C1. The molecule has 6 heteroatoms. The van der Waals surface area contributed by atoms with Gasteiger partial charge in [-0.15, -0.1) is 0 Å². The number of aromatic nitrogens is 1. The Bertz CT molecular complexity index is 582. The zero-order chi connectivity index (χ0) is 14.9. The molecule has 1 unspecified atom stereocenters. The molecule has 2 aliphatic rings. The molecular formula is C15H23N3O2S. The van der Waals surface area contributed by atoms with Gasteiger partial charge in [-0.1, -0.05) is 0 Å². The molecule has 0 bridgehead atoms. The Kier molecular flexibility index (Phi) is 3.92. The lowest BCUT2D eigenvalue weighted by molar-refractivity contribution is 0.303. The van der Waals surface area contributed by atoms with Gasteiger partial charge in [0.05, 0.1) is 11.5 Å². The van der Waals surface area contributed by atoms with Crippen molar-refractivity contribution in [2.24, 2.45) is 0 Å². The first-order chi connectivity index (χ1) is 9.96. The third kappa shape index (κ3) is 3.55. The van der Waals surface area contributed by atoms with Crippen LogP contribution < -0.4 is 10.2 Å². The van der Waals surface area contributed by atoms with E-state index in [2.05, 4.69) is 15.2 Å². The molecule has 0 amide bonds. The summed E-state index contributed by atoms with van der Waals surface area (Å²) in [6.45, 7) is 4.06. The lowest BCUT2D eigenvalue weighted by Gasteiger charge is -2.38. The van der Waals surface area contributed by atoms with Gasteiger partial charge in [0.1, 0.15) is 0 Å². The van der Waals surface area contributed by atoms with Crippen LogP contribution >= 0.6 is 0 Å². The maximum Gasteiger partial charge on any atom is 0.152 e. The molecule has 0 saturated carbocycles. The number of anilines is 1. The number of rotatable bonds is 3. The van der Waals surface area contributed by atoms with Gasteiger partial charge in [0.2, 0.25) is 0 Å². The van der Waals surface area contributed by atoms with Gasteiger partial charge in [-0.05, 0) is 38.3 Å². The quantitative estimate of drug-likeness (QED) is 0.909. The van der Waals surface area contributed by atoms with Crippen LogP contribution in [0, 0.1) is 0 Å². The third-order valence-corrected chi connectivity index (χ3v) is 6.48. The van der Waals surface area contributed by atoms with Gasteiger partial charge in [0.15, 0.2) is 9.84 Å². The average Bonchev–Trinajstić information content (AvgIpc) is 2.74. The molecule has 1 N–H and O–H groups in total. The minimum atomic E-state index is -2.84. The Balaban J connectivity index is 1.55. The van der Waals surface area contributed by atoms with Crippen LogP contribution in [0.1, 0.15) is 26.2 Å². The first kappa shape index (κ1) is 14.8. The van der Waals surface area contributed by atoms with Gasteiger partial charge in [-0.3, -0.25) is 4.98 Å².